The number of amides is 2. The number of aryl methyl sites for hydroxylation is 1. The van der Waals surface area contributed by atoms with E-state index in [1.807, 2.05) is 13.0 Å². The van der Waals surface area contributed by atoms with Gasteiger partial charge in [-0.05, 0) is 43.7 Å². The van der Waals surface area contributed by atoms with Gasteiger partial charge in [0.1, 0.15) is 0 Å². The summed E-state index contributed by atoms with van der Waals surface area (Å²) in [6.45, 7) is 2.65. The number of nitrogens with zero attached hydrogens (tertiary/aromatic N) is 3. The van der Waals surface area contributed by atoms with Crippen LogP contribution in [-0.2, 0) is 13.0 Å². The Kier molecular flexibility index (Phi) is 5.18. The van der Waals surface area contributed by atoms with Crippen LogP contribution in [0.25, 0.3) is 0 Å². The predicted molar refractivity (Wildman–Crippen MR) is 92.7 cm³/mol. The summed E-state index contributed by atoms with van der Waals surface area (Å²) in [4.78, 5) is 16.0. The first kappa shape index (κ1) is 17.2. The first-order valence-corrected chi connectivity index (χ1v) is 8.44. The highest BCUT2D eigenvalue weighted by Crippen LogP contribution is 2.33. The third-order valence-electron chi connectivity index (χ3n) is 4.30. The summed E-state index contributed by atoms with van der Waals surface area (Å²) < 4.78 is 7.68. The Morgan fingerprint density at radius 3 is 2.96 bits per heavy atom. The molecule has 0 bridgehead atoms. The molecule has 0 spiro atoms. The lowest BCUT2D eigenvalue weighted by Gasteiger charge is -2.31. The van der Waals surface area contributed by atoms with Crippen LogP contribution in [0.5, 0.6) is 11.6 Å². The fourth-order valence-electron chi connectivity index (χ4n) is 2.90. The molecule has 8 heteroatoms. The minimum Gasteiger partial charge on any atom is -0.435 e. The lowest BCUT2D eigenvalue weighted by molar-refractivity contribution is 0.0432. The fraction of sp³-hybridized carbons (Fsp3) is 0.471. The monoisotopic (exact) mass is 345 g/mol. The van der Waals surface area contributed by atoms with Crippen molar-refractivity contribution in [2.75, 3.05) is 12.4 Å². The number of pyridine rings is 1. The molecule has 25 heavy (non-hydrogen) atoms. The summed E-state index contributed by atoms with van der Waals surface area (Å²) in [6.07, 6.45) is 5.68. The number of anilines is 1. The Hall–Kier alpha value is -2.61. The Morgan fingerprint density at radius 2 is 2.28 bits per heavy atom. The van der Waals surface area contributed by atoms with Crippen LogP contribution in [0, 0.1) is 5.92 Å². The van der Waals surface area contributed by atoms with Crippen molar-refractivity contribution in [2.24, 2.45) is 5.92 Å². The van der Waals surface area contributed by atoms with Gasteiger partial charge in [-0.2, -0.15) is 5.10 Å². The zero-order valence-electron chi connectivity index (χ0n) is 14.4. The van der Waals surface area contributed by atoms with E-state index < -0.39 is 0 Å². The third-order valence-corrected chi connectivity index (χ3v) is 4.30. The number of carbonyl (C=O) groups excluding carboxylic acids is 1. The summed E-state index contributed by atoms with van der Waals surface area (Å²) in [5.74, 6) is 1.86. The van der Waals surface area contributed by atoms with Gasteiger partial charge < -0.3 is 15.2 Å². The van der Waals surface area contributed by atoms with E-state index in [9.17, 15) is 9.90 Å². The lowest BCUT2D eigenvalue weighted by atomic mass is 9.79. The molecule has 134 valence electrons. The zero-order chi connectivity index (χ0) is 17.8. The number of urea groups is 1. The number of rotatable bonds is 6. The Bertz CT molecular complexity index is 740. The maximum atomic E-state index is 11.7. The van der Waals surface area contributed by atoms with E-state index in [0.29, 0.717) is 29.9 Å². The molecular weight excluding hydrogens is 322 g/mol. The zero-order valence-corrected chi connectivity index (χ0v) is 14.4. The smallest absolute Gasteiger partial charge is 0.320 e. The highest BCUT2D eigenvalue weighted by atomic mass is 16.5. The number of nitrogens with one attached hydrogen (secondary N) is 2. The van der Waals surface area contributed by atoms with Gasteiger partial charge in [0.15, 0.2) is 11.6 Å². The summed E-state index contributed by atoms with van der Waals surface area (Å²) in [6, 6.07) is 3.29. The highest BCUT2D eigenvalue weighted by Gasteiger charge is 2.27. The molecule has 0 atom stereocenters. The molecule has 3 rings (SSSR count). The van der Waals surface area contributed by atoms with Crippen LogP contribution in [0.1, 0.15) is 25.3 Å². The third kappa shape index (κ3) is 4.08. The Balaban J connectivity index is 1.83. The second kappa shape index (κ2) is 7.52. The van der Waals surface area contributed by atoms with Crippen molar-refractivity contribution >= 4 is 11.8 Å². The molecule has 1 aliphatic rings. The molecule has 2 aromatic heterocycles. The molecule has 0 saturated heterocycles. The molecule has 2 amide bonds. The van der Waals surface area contributed by atoms with Gasteiger partial charge in [-0.15, -0.1) is 0 Å². The normalized spacial score (nSPS) is 19.2. The summed E-state index contributed by atoms with van der Waals surface area (Å²) in [5, 5.41) is 18.8. The minimum atomic E-state index is -0.365. The van der Waals surface area contributed by atoms with Crippen LogP contribution in [0.4, 0.5) is 10.6 Å². The highest BCUT2D eigenvalue weighted by molar-refractivity contribution is 5.89. The number of aliphatic hydroxyl groups is 1. The van der Waals surface area contributed by atoms with E-state index in [2.05, 4.69) is 20.7 Å². The standard InChI is InChI=1S/C17H23N5O3/c1-3-22-15(4-5-20-22)25-14-9-12(6-11-7-13(23)8-11)10-19-16(14)21-17(24)18-2/h4-5,9-11,13,23H,3,6-8H2,1-2H3,(H2,18,19,21,24). The van der Waals surface area contributed by atoms with Crippen LogP contribution in [0.3, 0.4) is 0 Å². The number of carbonyl (C=O) groups is 1. The molecular formula is C17H23N5O3. The van der Waals surface area contributed by atoms with Crippen LogP contribution in [0.2, 0.25) is 0 Å². The van der Waals surface area contributed by atoms with Gasteiger partial charge in [0.2, 0.25) is 5.88 Å². The lowest BCUT2D eigenvalue weighted by Crippen LogP contribution is -2.29. The predicted octanol–water partition coefficient (Wildman–Crippen LogP) is 2.16. The number of hydrogen-bond acceptors (Lipinski definition) is 5. The van der Waals surface area contributed by atoms with Crippen LogP contribution in [-0.4, -0.2) is 39.1 Å². The van der Waals surface area contributed by atoms with Crippen molar-refractivity contribution in [3.05, 3.63) is 30.1 Å². The van der Waals surface area contributed by atoms with Crippen LogP contribution < -0.4 is 15.4 Å². The Morgan fingerprint density at radius 1 is 1.48 bits per heavy atom. The molecule has 0 unspecified atom stereocenters. The SMILES string of the molecule is CCn1nccc1Oc1cc(CC2CC(O)C2)cnc1NC(=O)NC. The van der Waals surface area contributed by atoms with Gasteiger partial charge in [-0.1, -0.05) is 0 Å². The molecule has 0 aromatic carbocycles. The number of aliphatic hydroxyl groups excluding tert-OH is 1. The first-order valence-electron chi connectivity index (χ1n) is 8.44. The van der Waals surface area contributed by atoms with Crippen molar-refractivity contribution in [3.8, 4) is 11.6 Å². The maximum absolute atomic E-state index is 11.7. The molecule has 1 aliphatic carbocycles. The van der Waals surface area contributed by atoms with E-state index in [1.165, 1.54) is 7.05 Å². The molecule has 1 fully saturated rings. The topological polar surface area (TPSA) is 101 Å². The van der Waals surface area contributed by atoms with E-state index in [-0.39, 0.29) is 12.1 Å². The molecule has 8 nitrogen and oxygen atoms in total. The second-order valence-electron chi connectivity index (χ2n) is 6.18. The van der Waals surface area contributed by atoms with Crippen molar-refractivity contribution in [1.29, 1.82) is 0 Å². The molecule has 2 heterocycles. The first-order chi connectivity index (χ1) is 12.1. The average Bonchev–Trinajstić information content (AvgIpc) is 3.02. The van der Waals surface area contributed by atoms with E-state index in [0.717, 1.165) is 24.8 Å². The number of hydrogen-bond donors (Lipinski definition) is 3. The fourth-order valence-corrected chi connectivity index (χ4v) is 2.90. The molecule has 1 saturated carbocycles. The van der Waals surface area contributed by atoms with E-state index >= 15 is 0 Å². The van der Waals surface area contributed by atoms with E-state index in [1.54, 1.807) is 23.1 Å². The van der Waals surface area contributed by atoms with Gasteiger partial charge in [0.25, 0.3) is 0 Å². The quantitative estimate of drug-likeness (QED) is 0.745. The molecule has 2 aromatic rings. The van der Waals surface area contributed by atoms with Crippen molar-refractivity contribution < 1.29 is 14.6 Å². The molecule has 0 radical (unpaired) electrons. The largest absolute Gasteiger partial charge is 0.435 e. The van der Waals surface area contributed by atoms with Gasteiger partial charge >= 0.3 is 6.03 Å². The van der Waals surface area contributed by atoms with Gasteiger partial charge in [-0.25, -0.2) is 14.5 Å². The van der Waals surface area contributed by atoms with Crippen molar-refractivity contribution in [2.45, 2.75) is 38.8 Å². The maximum Gasteiger partial charge on any atom is 0.320 e. The van der Waals surface area contributed by atoms with Crippen molar-refractivity contribution in [3.63, 3.8) is 0 Å². The van der Waals surface area contributed by atoms with Gasteiger partial charge in [-0.3, -0.25) is 5.32 Å². The number of ether oxygens (including phenoxy) is 1. The minimum absolute atomic E-state index is 0.179. The number of aromatic nitrogens is 3. The van der Waals surface area contributed by atoms with Crippen LogP contribution >= 0.6 is 0 Å². The summed E-state index contributed by atoms with van der Waals surface area (Å²) >= 11 is 0. The van der Waals surface area contributed by atoms with Gasteiger partial charge in [0.05, 0.1) is 12.3 Å². The summed E-state index contributed by atoms with van der Waals surface area (Å²) in [7, 11) is 1.54. The van der Waals surface area contributed by atoms with Gasteiger partial charge in [0, 0.05) is 25.9 Å². The second-order valence-corrected chi connectivity index (χ2v) is 6.18. The Labute approximate surface area is 146 Å². The average molecular weight is 345 g/mol. The summed E-state index contributed by atoms with van der Waals surface area (Å²) in [5.41, 5.74) is 1.01. The van der Waals surface area contributed by atoms with Crippen molar-refractivity contribution in [1.82, 2.24) is 20.1 Å². The van der Waals surface area contributed by atoms with Crippen LogP contribution in [0.15, 0.2) is 24.5 Å². The molecule has 0 aliphatic heterocycles. The molecule has 3 N–H and O–H groups in total. The van der Waals surface area contributed by atoms with E-state index in [4.69, 9.17) is 4.74 Å².